The lowest BCUT2D eigenvalue weighted by molar-refractivity contribution is -0.151. The highest BCUT2D eigenvalue weighted by molar-refractivity contribution is 5.98. The van der Waals surface area contributed by atoms with Gasteiger partial charge >= 0.3 is 0 Å². The van der Waals surface area contributed by atoms with E-state index >= 15 is 0 Å². The van der Waals surface area contributed by atoms with Gasteiger partial charge in [0.1, 0.15) is 18.5 Å². The topological polar surface area (TPSA) is 67.9 Å². The smallest absolute Gasteiger partial charge is 0.289 e. The van der Waals surface area contributed by atoms with Crippen LogP contribution < -0.4 is 5.32 Å². The third-order valence-corrected chi connectivity index (χ3v) is 5.39. The summed E-state index contributed by atoms with van der Waals surface area (Å²) in [6.45, 7) is 5.05. The summed E-state index contributed by atoms with van der Waals surface area (Å²) in [5.41, 5.74) is 0.684. The summed E-state index contributed by atoms with van der Waals surface area (Å²) in [6.07, 6.45) is 6.13. The molecule has 30 heavy (non-hydrogen) atoms. The molecule has 6 nitrogen and oxygen atoms in total. The van der Waals surface area contributed by atoms with Gasteiger partial charge in [0.2, 0.25) is 5.91 Å². The molecule has 7 heteroatoms. The van der Waals surface area contributed by atoms with E-state index in [-0.39, 0.29) is 48.2 Å². The molecule has 1 aliphatic heterocycles. The van der Waals surface area contributed by atoms with Crippen LogP contribution in [-0.4, -0.2) is 54.7 Å². The monoisotopic (exact) mass is 418 g/mol. The van der Waals surface area contributed by atoms with Gasteiger partial charge in [-0.1, -0.05) is 18.6 Å². The van der Waals surface area contributed by atoms with E-state index in [1.165, 1.54) is 12.1 Å². The number of amides is 2. The van der Waals surface area contributed by atoms with Crippen LogP contribution in [0, 0.1) is 5.82 Å². The van der Waals surface area contributed by atoms with Crippen LogP contribution in [0.25, 0.3) is 6.08 Å². The van der Waals surface area contributed by atoms with Gasteiger partial charge in [0, 0.05) is 13.2 Å². The molecule has 1 heterocycles. The van der Waals surface area contributed by atoms with Crippen molar-refractivity contribution in [2.75, 3.05) is 19.7 Å². The van der Waals surface area contributed by atoms with Crippen molar-refractivity contribution in [3.63, 3.8) is 0 Å². The van der Waals surface area contributed by atoms with E-state index in [1.807, 2.05) is 13.8 Å². The van der Waals surface area contributed by atoms with E-state index in [2.05, 4.69) is 5.32 Å². The van der Waals surface area contributed by atoms with Gasteiger partial charge < -0.3 is 19.7 Å². The van der Waals surface area contributed by atoms with E-state index in [4.69, 9.17) is 9.47 Å². The second kappa shape index (κ2) is 10.6. The number of halogens is 1. The molecule has 0 radical (unpaired) electrons. The second-order valence-corrected chi connectivity index (χ2v) is 8.12. The standard InChI is InChI=1S/C23H31FN2O4/c1-16(2)29-13-5-12-25-22(27)15-26-19-6-3-4-7-20(19)30-21(23(26)28)14-17-8-10-18(24)11-9-17/h8-11,14,16,19-20H,3-7,12-13,15H2,1-2H3,(H,25,27)/b21-14+. The van der Waals surface area contributed by atoms with E-state index in [0.29, 0.717) is 18.7 Å². The Kier molecular flexibility index (Phi) is 7.85. The Morgan fingerprint density at radius 1 is 1.30 bits per heavy atom. The quantitative estimate of drug-likeness (QED) is 0.520. The van der Waals surface area contributed by atoms with Gasteiger partial charge in [0.15, 0.2) is 5.76 Å². The molecule has 3 rings (SSSR count). The summed E-state index contributed by atoms with van der Waals surface area (Å²) in [7, 11) is 0. The maximum absolute atomic E-state index is 13.2. The highest BCUT2D eigenvalue weighted by atomic mass is 19.1. The van der Waals surface area contributed by atoms with Crippen LogP contribution >= 0.6 is 0 Å². The van der Waals surface area contributed by atoms with Crippen molar-refractivity contribution in [3.8, 4) is 0 Å². The fourth-order valence-electron chi connectivity index (χ4n) is 3.90. The highest BCUT2D eigenvalue weighted by Crippen LogP contribution is 2.33. The first-order valence-corrected chi connectivity index (χ1v) is 10.8. The SMILES string of the molecule is CC(C)OCCCNC(=O)CN1C(=O)/C(=C\c2ccc(F)cc2)OC2CCCCC21. The van der Waals surface area contributed by atoms with Crippen molar-refractivity contribution >= 4 is 17.9 Å². The maximum atomic E-state index is 13.2. The molecule has 1 saturated heterocycles. The van der Waals surface area contributed by atoms with Crippen LogP contribution in [0.4, 0.5) is 4.39 Å². The predicted octanol–water partition coefficient (Wildman–Crippen LogP) is 3.27. The molecule has 1 N–H and O–H groups in total. The Morgan fingerprint density at radius 2 is 2.03 bits per heavy atom. The number of morpholine rings is 1. The highest BCUT2D eigenvalue weighted by Gasteiger charge is 2.42. The van der Waals surface area contributed by atoms with Crippen LogP contribution in [-0.2, 0) is 19.1 Å². The van der Waals surface area contributed by atoms with Crippen LogP contribution in [0.3, 0.4) is 0 Å². The Balaban J connectivity index is 1.65. The molecule has 1 aromatic rings. The van der Waals surface area contributed by atoms with Gasteiger partial charge in [0.25, 0.3) is 5.91 Å². The number of nitrogens with zero attached hydrogens (tertiary/aromatic N) is 1. The van der Waals surface area contributed by atoms with Crippen molar-refractivity contribution in [2.24, 2.45) is 0 Å². The average Bonchev–Trinajstić information content (AvgIpc) is 2.72. The zero-order valence-corrected chi connectivity index (χ0v) is 17.7. The summed E-state index contributed by atoms with van der Waals surface area (Å²) >= 11 is 0. The Bertz CT molecular complexity index is 763. The first kappa shape index (κ1) is 22.3. The Labute approximate surface area is 177 Å². The number of carbonyl (C=O) groups is 2. The van der Waals surface area contributed by atoms with E-state index in [0.717, 1.165) is 32.1 Å². The van der Waals surface area contributed by atoms with E-state index in [1.54, 1.807) is 23.1 Å². The number of ether oxygens (including phenoxy) is 2. The predicted molar refractivity (Wildman–Crippen MR) is 112 cm³/mol. The van der Waals surface area contributed by atoms with Crippen molar-refractivity contribution in [1.29, 1.82) is 0 Å². The lowest BCUT2D eigenvalue weighted by atomic mass is 9.89. The fraction of sp³-hybridized carbons (Fsp3) is 0.565. The lowest BCUT2D eigenvalue weighted by Gasteiger charge is -2.44. The summed E-state index contributed by atoms with van der Waals surface area (Å²) in [5.74, 6) is -0.596. The summed E-state index contributed by atoms with van der Waals surface area (Å²) in [6, 6.07) is 5.80. The zero-order valence-electron chi connectivity index (χ0n) is 17.7. The molecule has 2 atom stereocenters. The molecule has 2 unspecified atom stereocenters. The lowest BCUT2D eigenvalue weighted by Crippen LogP contribution is -2.57. The molecule has 1 aliphatic carbocycles. The Morgan fingerprint density at radius 3 is 2.77 bits per heavy atom. The number of carbonyl (C=O) groups excluding carboxylic acids is 2. The van der Waals surface area contributed by atoms with Gasteiger partial charge in [-0.25, -0.2) is 4.39 Å². The van der Waals surface area contributed by atoms with Gasteiger partial charge in [-0.15, -0.1) is 0 Å². The van der Waals surface area contributed by atoms with Gasteiger partial charge in [-0.2, -0.15) is 0 Å². The molecular weight excluding hydrogens is 387 g/mol. The second-order valence-electron chi connectivity index (χ2n) is 8.12. The number of hydrogen-bond donors (Lipinski definition) is 1. The minimum absolute atomic E-state index is 0.00908. The van der Waals surface area contributed by atoms with E-state index < -0.39 is 0 Å². The first-order valence-electron chi connectivity index (χ1n) is 10.8. The molecule has 1 aromatic carbocycles. The van der Waals surface area contributed by atoms with Crippen LogP contribution in [0.2, 0.25) is 0 Å². The number of benzene rings is 1. The molecule has 0 spiro atoms. The molecule has 0 aromatic heterocycles. The maximum Gasteiger partial charge on any atom is 0.289 e. The molecular formula is C23H31FN2O4. The fourth-order valence-corrected chi connectivity index (χ4v) is 3.90. The molecule has 164 valence electrons. The van der Waals surface area contributed by atoms with Crippen molar-refractivity contribution in [1.82, 2.24) is 10.2 Å². The number of fused-ring (bicyclic) bond motifs is 1. The van der Waals surface area contributed by atoms with Crippen LogP contribution in [0.1, 0.15) is 51.5 Å². The summed E-state index contributed by atoms with van der Waals surface area (Å²) < 4.78 is 24.7. The normalized spacial score (nSPS) is 22.7. The van der Waals surface area contributed by atoms with Crippen LogP contribution in [0.5, 0.6) is 0 Å². The summed E-state index contributed by atoms with van der Waals surface area (Å²) in [5, 5.41) is 2.88. The summed E-state index contributed by atoms with van der Waals surface area (Å²) in [4.78, 5) is 27.2. The minimum atomic E-state index is -0.336. The minimum Gasteiger partial charge on any atom is -0.482 e. The molecule has 2 amide bonds. The number of hydrogen-bond acceptors (Lipinski definition) is 4. The van der Waals surface area contributed by atoms with Crippen molar-refractivity contribution in [3.05, 3.63) is 41.4 Å². The third kappa shape index (κ3) is 6.05. The zero-order chi connectivity index (χ0) is 21.5. The van der Waals surface area contributed by atoms with Gasteiger partial charge in [-0.05, 0) is 63.3 Å². The molecule has 2 fully saturated rings. The van der Waals surface area contributed by atoms with Gasteiger partial charge in [0.05, 0.1) is 12.1 Å². The van der Waals surface area contributed by atoms with E-state index in [9.17, 15) is 14.0 Å². The molecule has 2 aliphatic rings. The average molecular weight is 419 g/mol. The molecule has 1 saturated carbocycles. The molecule has 0 bridgehead atoms. The largest absolute Gasteiger partial charge is 0.482 e. The van der Waals surface area contributed by atoms with Crippen molar-refractivity contribution in [2.45, 2.75) is 64.2 Å². The number of nitrogens with one attached hydrogen (secondary N) is 1. The third-order valence-electron chi connectivity index (χ3n) is 5.39. The Hall–Kier alpha value is -2.41. The van der Waals surface area contributed by atoms with Crippen molar-refractivity contribution < 1.29 is 23.5 Å². The van der Waals surface area contributed by atoms with Crippen LogP contribution in [0.15, 0.2) is 30.0 Å². The first-order chi connectivity index (χ1) is 14.4. The number of rotatable bonds is 8. The van der Waals surface area contributed by atoms with Gasteiger partial charge in [-0.3, -0.25) is 9.59 Å².